The number of rotatable bonds is 2. The van der Waals surface area contributed by atoms with Crippen molar-refractivity contribution in [2.45, 2.75) is 6.61 Å². The van der Waals surface area contributed by atoms with Crippen LogP contribution in [0.15, 0.2) is 28.4 Å². The van der Waals surface area contributed by atoms with E-state index in [1.807, 2.05) is 0 Å². The minimum Gasteiger partial charge on any atom is -0.508 e. The molecular formula is C8H10N2O2. The van der Waals surface area contributed by atoms with Gasteiger partial charge in [-0.2, -0.15) is 10.2 Å². The smallest absolute Gasteiger partial charge is 0.121 e. The molecule has 0 fully saturated rings. The first-order chi connectivity index (χ1) is 5.77. The highest BCUT2D eigenvalue weighted by molar-refractivity contribution is 5.45. The standard InChI is InChI=1S/C8H10N2O2/c1-9-10-7-2-3-8(12)6(4-7)5-11/h2-4,11-12H,5H2,1H3. The second-order valence-corrected chi connectivity index (χ2v) is 2.27. The van der Waals surface area contributed by atoms with E-state index in [-0.39, 0.29) is 12.4 Å². The molecule has 64 valence electrons. The van der Waals surface area contributed by atoms with Crippen LogP contribution in [0.3, 0.4) is 0 Å². The van der Waals surface area contributed by atoms with Crippen LogP contribution in [0.4, 0.5) is 5.69 Å². The molecule has 12 heavy (non-hydrogen) atoms. The molecule has 1 aromatic carbocycles. The Kier molecular flexibility index (Phi) is 2.76. The average molecular weight is 166 g/mol. The van der Waals surface area contributed by atoms with E-state index in [2.05, 4.69) is 10.2 Å². The minimum atomic E-state index is -0.196. The normalized spacial score (nSPS) is 10.8. The van der Waals surface area contributed by atoms with E-state index in [4.69, 9.17) is 5.11 Å². The van der Waals surface area contributed by atoms with Gasteiger partial charge < -0.3 is 10.2 Å². The van der Waals surface area contributed by atoms with Gasteiger partial charge in [-0.3, -0.25) is 0 Å². The van der Waals surface area contributed by atoms with Crippen LogP contribution in [0.2, 0.25) is 0 Å². The maximum absolute atomic E-state index is 9.17. The molecule has 0 aliphatic heterocycles. The lowest BCUT2D eigenvalue weighted by atomic mass is 10.2. The van der Waals surface area contributed by atoms with E-state index in [9.17, 15) is 5.11 Å². The number of benzene rings is 1. The van der Waals surface area contributed by atoms with Crippen molar-refractivity contribution in [3.05, 3.63) is 23.8 Å². The highest BCUT2D eigenvalue weighted by Crippen LogP contribution is 2.23. The van der Waals surface area contributed by atoms with Crippen LogP contribution < -0.4 is 0 Å². The monoisotopic (exact) mass is 166 g/mol. The van der Waals surface area contributed by atoms with Crippen molar-refractivity contribution in [3.63, 3.8) is 0 Å². The Balaban J connectivity index is 3.05. The Morgan fingerprint density at radius 3 is 2.75 bits per heavy atom. The molecule has 1 rings (SSSR count). The third kappa shape index (κ3) is 1.79. The van der Waals surface area contributed by atoms with Crippen molar-refractivity contribution in [3.8, 4) is 5.75 Å². The lowest BCUT2D eigenvalue weighted by Crippen LogP contribution is -1.82. The number of aliphatic hydroxyl groups excluding tert-OH is 1. The predicted molar refractivity (Wildman–Crippen MR) is 44.5 cm³/mol. The first-order valence-corrected chi connectivity index (χ1v) is 3.50. The number of hydrogen-bond donors (Lipinski definition) is 2. The SMILES string of the molecule is CN=Nc1ccc(O)c(CO)c1. The van der Waals surface area contributed by atoms with Crippen LogP contribution in [-0.2, 0) is 6.61 Å². The molecule has 0 radical (unpaired) electrons. The summed E-state index contributed by atoms with van der Waals surface area (Å²) in [5, 5.41) is 25.3. The van der Waals surface area contributed by atoms with Gasteiger partial charge in [-0.15, -0.1) is 0 Å². The van der Waals surface area contributed by atoms with Crippen LogP contribution in [0.5, 0.6) is 5.75 Å². The maximum atomic E-state index is 9.17. The molecule has 0 atom stereocenters. The Morgan fingerprint density at radius 2 is 2.17 bits per heavy atom. The van der Waals surface area contributed by atoms with Gasteiger partial charge in [0.05, 0.1) is 12.3 Å². The summed E-state index contributed by atoms with van der Waals surface area (Å²) in [7, 11) is 1.56. The molecule has 0 spiro atoms. The average Bonchev–Trinajstić information content (AvgIpc) is 2.09. The molecule has 0 aliphatic rings. The second-order valence-electron chi connectivity index (χ2n) is 2.27. The van der Waals surface area contributed by atoms with Gasteiger partial charge >= 0.3 is 0 Å². The van der Waals surface area contributed by atoms with Gasteiger partial charge in [-0.25, -0.2) is 0 Å². The van der Waals surface area contributed by atoms with Crippen molar-refractivity contribution in [1.82, 2.24) is 0 Å². The van der Waals surface area contributed by atoms with Crippen LogP contribution in [0.25, 0.3) is 0 Å². The fourth-order valence-corrected chi connectivity index (χ4v) is 0.876. The van der Waals surface area contributed by atoms with Crippen LogP contribution in [-0.4, -0.2) is 17.3 Å². The van der Waals surface area contributed by atoms with Crippen molar-refractivity contribution in [2.24, 2.45) is 10.2 Å². The molecule has 4 nitrogen and oxygen atoms in total. The zero-order chi connectivity index (χ0) is 8.97. The maximum Gasteiger partial charge on any atom is 0.121 e. The van der Waals surface area contributed by atoms with Gasteiger partial charge in [-0.05, 0) is 18.2 Å². The Morgan fingerprint density at radius 1 is 1.42 bits per heavy atom. The van der Waals surface area contributed by atoms with Gasteiger partial charge in [0.25, 0.3) is 0 Å². The molecule has 4 heteroatoms. The summed E-state index contributed by atoms with van der Waals surface area (Å²) in [6.45, 7) is -0.196. The zero-order valence-corrected chi connectivity index (χ0v) is 6.73. The molecular weight excluding hydrogens is 156 g/mol. The quantitative estimate of drug-likeness (QED) is 0.655. The van der Waals surface area contributed by atoms with E-state index < -0.39 is 0 Å². The van der Waals surface area contributed by atoms with Gasteiger partial charge in [0.15, 0.2) is 0 Å². The van der Waals surface area contributed by atoms with Gasteiger partial charge in [0.2, 0.25) is 0 Å². The molecule has 0 saturated heterocycles. The largest absolute Gasteiger partial charge is 0.508 e. The van der Waals surface area contributed by atoms with E-state index in [1.165, 1.54) is 6.07 Å². The molecule has 0 amide bonds. The molecule has 0 aliphatic carbocycles. The van der Waals surface area contributed by atoms with E-state index in [1.54, 1.807) is 19.2 Å². The fraction of sp³-hybridized carbons (Fsp3) is 0.250. The van der Waals surface area contributed by atoms with E-state index in [0.29, 0.717) is 11.3 Å². The van der Waals surface area contributed by atoms with Crippen molar-refractivity contribution in [1.29, 1.82) is 0 Å². The lowest BCUT2D eigenvalue weighted by molar-refractivity contribution is 0.275. The minimum absolute atomic E-state index is 0.0764. The number of aliphatic hydroxyl groups is 1. The van der Waals surface area contributed by atoms with E-state index in [0.717, 1.165) is 0 Å². The molecule has 2 N–H and O–H groups in total. The van der Waals surface area contributed by atoms with Crippen molar-refractivity contribution >= 4 is 5.69 Å². The topological polar surface area (TPSA) is 65.2 Å². The number of hydrogen-bond acceptors (Lipinski definition) is 4. The molecule has 0 aromatic heterocycles. The number of phenols is 1. The summed E-state index contributed by atoms with van der Waals surface area (Å²) in [4.78, 5) is 0. The number of azo groups is 1. The molecule has 0 saturated carbocycles. The van der Waals surface area contributed by atoms with Crippen LogP contribution in [0, 0.1) is 0 Å². The first-order valence-electron chi connectivity index (χ1n) is 3.50. The summed E-state index contributed by atoms with van der Waals surface area (Å²) in [6, 6.07) is 4.69. The summed E-state index contributed by atoms with van der Waals surface area (Å²) in [5.74, 6) is 0.0764. The molecule has 1 aromatic rings. The summed E-state index contributed by atoms with van der Waals surface area (Å²) in [5.41, 5.74) is 1.08. The fourth-order valence-electron chi connectivity index (χ4n) is 0.876. The summed E-state index contributed by atoms with van der Waals surface area (Å²) >= 11 is 0. The van der Waals surface area contributed by atoms with Crippen molar-refractivity contribution in [2.75, 3.05) is 7.05 Å². The first kappa shape index (κ1) is 8.67. The Bertz CT molecular complexity index is 297. The van der Waals surface area contributed by atoms with Crippen LogP contribution >= 0.6 is 0 Å². The zero-order valence-electron chi connectivity index (χ0n) is 6.73. The van der Waals surface area contributed by atoms with Gasteiger partial charge in [-0.1, -0.05) is 0 Å². The third-order valence-electron chi connectivity index (χ3n) is 1.45. The summed E-state index contributed by atoms with van der Waals surface area (Å²) < 4.78 is 0. The third-order valence-corrected chi connectivity index (χ3v) is 1.45. The number of nitrogens with zero attached hydrogens (tertiary/aromatic N) is 2. The van der Waals surface area contributed by atoms with Crippen LogP contribution in [0.1, 0.15) is 5.56 Å². The predicted octanol–water partition coefficient (Wildman–Crippen LogP) is 1.60. The number of aromatic hydroxyl groups is 1. The molecule has 0 bridgehead atoms. The summed E-state index contributed by atoms with van der Waals surface area (Å²) in [6.07, 6.45) is 0. The molecule has 0 unspecified atom stereocenters. The van der Waals surface area contributed by atoms with Gasteiger partial charge in [0.1, 0.15) is 5.75 Å². The second kappa shape index (κ2) is 3.82. The Hall–Kier alpha value is -1.42. The highest BCUT2D eigenvalue weighted by Gasteiger charge is 1.99. The highest BCUT2D eigenvalue weighted by atomic mass is 16.3. The lowest BCUT2D eigenvalue weighted by Gasteiger charge is -2.00. The van der Waals surface area contributed by atoms with E-state index >= 15 is 0 Å². The Labute approximate surface area is 70.2 Å². The molecule has 0 heterocycles. The van der Waals surface area contributed by atoms with Crippen molar-refractivity contribution < 1.29 is 10.2 Å². The van der Waals surface area contributed by atoms with Gasteiger partial charge in [0, 0.05) is 12.6 Å².